The van der Waals surface area contributed by atoms with Crippen LogP contribution in [0.25, 0.3) is 0 Å². The average Bonchev–Trinajstić information content (AvgIpc) is 2.76. The molecule has 22 heavy (non-hydrogen) atoms. The van der Waals surface area contributed by atoms with Gasteiger partial charge in [-0.2, -0.15) is 5.10 Å². The van der Waals surface area contributed by atoms with E-state index < -0.39 is 5.91 Å². The van der Waals surface area contributed by atoms with Crippen molar-refractivity contribution in [2.75, 3.05) is 6.61 Å². The molecule has 5 nitrogen and oxygen atoms in total. The van der Waals surface area contributed by atoms with Gasteiger partial charge in [-0.05, 0) is 34.1 Å². The molecule has 0 spiro atoms. The van der Waals surface area contributed by atoms with E-state index in [0.717, 1.165) is 4.47 Å². The summed E-state index contributed by atoms with van der Waals surface area (Å²) < 4.78 is 12.1. The first-order chi connectivity index (χ1) is 10.5. The standard InChI is InChI=1S/C13H8BrCl2IN2O3/c14-9-4-8(22-13(9)17)5-18-19-12(20)6-21-11-2-1-7(15)3-10(11)16/h1-5H,6H2,(H,19,20)/b18-5+. The first-order valence-corrected chi connectivity index (χ1v) is 8.43. The molecule has 1 aromatic carbocycles. The number of halogens is 4. The van der Waals surface area contributed by atoms with E-state index in [-0.39, 0.29) is 6.61 Å². The molecule has 0 aliphatic carbocycles. The fraction of sp³-hybridized carbons (Fsp3) is 0.0769. The molecule has 2 rings (SSSR count). The van der Waals surface area contributed by atoms with Crippen LogP contribution in [-0.4, -0.2) is 18.7 Å². The largest absolute Gasteiger partial charge is 0.482 e. The maximum absolute atomic E-state index is 11.6. The lowest BCUT2D eigenvalue weighted by atomic mass is 10.3. The molecule has 0 radical (unpaired) electrons. The summed E-state index contributed by atoms with van der Waals surface area (Å²) in [7, 11) is 0. The highest BCUT2D eigenvalue weighted by atomic mass is 127. The van der Waals surface area contributed by atoms with Crippen molar-refractivity contribution >= 4 is 73.8 Å². The summed E-state index contributed by atoms with van der Waals surface area (Å²) in [6, 6.07) is 6.48. The molecule has 0 aliphatic heterocycles. The number of nitrogens with zero attached hydrogens (tertiary/aromatic N) is 1. The van der Waals surface area contributed by atoms with Gasteiger partial charge in [-0.15, -0.1) is 0 Å². The van der Waals surface area contributed by atoms with Crippen LogP contribution in [-0.2, 0) is 4.79 Å². The van der Waals surface area contributed by atoms with Crippen molar-refractivity contribution in [1.82, 2.24) is 5.43 Å². The van der Waals surface area contributed by atoms with E-state index in [9.17, 15) is 4.79 Å². The number of rotatable bonds is 5. The number of carbonyl (C=O) groups excluding carboxylic acids is 1. The third-order valence-electron chi connectivity index (χ3n) is 2.30. The zero-order chi connectivity index (χ0) is 16.1. The molecule has 1 aromatic heterocycles. The predicted octanol–water partition coefficient (Wildman–Crippen LogP) is 4.48. The van der Waals surface area contributed by atoms with Crippen LogP contribution in [0.4, 0.5) is 0 Å². The fourth-order valence-corrected chi connectivity index (χ4v) is 2.54. The summed E-state index contributed by atoms with van der Waals surface area (Å²) in [4.78, 5) is 11.6. The SMILES string of the molecule is O=C(COc1ccc(Cl)cc1Cl)N/N=C/c1cc(Br)c(I)o1. The van der Waals surface area contributed by atoms with Gasteiger partial charge in [0.25, 0.3) is 5.91 Å². The van der Waals surface area contributed by atoms with Crippen LogP contribution in [0.5, 0.6) is 5.75 Å². The molecule has 0 atom stereocenters. The number of nitrogens with one attached hydrogen (secondary N) is 1. The van der Waals surface area contributed by atoms with Crippen molar-refractivity contribution in [2.45, 2.75) is 0 Å². The number of ether oxygens (including phenoxy) is 1. The molecule has 0 saturated carbocycles. The Balaban J connectivity index is 1.83. The summed E-state index contributed by atoms with van der Waals surface area (Å²) in [6.07, 6.45) is 1.39. The van der Waals surface area contributed by atoms with Crippen LogP contribution in [0, 0.1) is 3.77 Å². The van der Waals surface area contributed by atoms with Gasteiger partial charge in [0.05, 0.1) is 15.7 Å². The van der Waals surface area contributed by atoms with Crippen LogP contribution < -0.4 is 10.2 Å². The molecule has 0 bridgehead atoms. The highest BCUT2D eigenvalue weighted by Crippen LogP contribution is 2.27. The molecular weight excluding hydrogens is 510 g/mol. The topological polar surface area (TPSA) is 63.8 Å². The predicted molar refractivity (Wildman–Crippen MR) is 96.8 cm³/mol. The van der Waals surface area contributed by atoms with E-state index in [4.69, 9.17) is 32.4 Å². The smallest absolute Gasteiger partial charge is 0.277 e. The zero-order valence-corrected chi connectivity index (χ0v) is 16.0. The molecule has 1 N–H and O–H groups in total. The Morgan fingerprint density at radius 3 is 2.86 bits per heavy atom. The average molecular weight is 518 g/mol. The molecule has 0 aliphatic rings. The quantitative estimate of drug-likeness (QED) is 0.361. The molecule has 0 saturated heterocycles. The first-order valence-electron chi connectivity index (χ1n) is 5.80. The van der Waals surface area contributed by atoms with Crippen molar-refractivity contribution in [2.24, 2.45) is 5.10 Å². The Bertz CT molecular complexity index is 702. The Labute approximate surface area is 158 Å². The van der Waals surface area contributed by atoms with Gasteiger partial charge in [0, 0.05) is 33.7 Å². The van der Waals surface area contributed by atoms with E-state index in [1.165, 1.54) is 12.3 Å². The van der Waals surface area contributed by atoms with Crippen molar-refractivity contribution in [3.63, 3.8) is 0 Å². The van der Waals surface area contributed by atoms with Crippen molar-refractivity contribution < 1.29 is 13.9 Å². The Kier molecular flexibility index (Phi) is 6.54. The second-order valence-corrected chi connectivity index (χ2v) is 6.60. The molecule has 0 unspecified atom stereocenters. The summed E-state index contributed by atoms with van der Waals surface area (Å²) in [5.74, 6) is 0.454. The van der Waals surface area contributed by atoms with Crippen molar-refractivity contribution in [1.29, 1.82) is 0 Å². The summed E-state index contributed by atoms with van der Waals surface area (Å²) in [5.41, 5.74) is 2.32. The van der Waals surface area contributed by atoms with Gasteiger partial charge in [-0.1, -0.05) is 23.2 Å². The third-order valence-corrected chi connectivity index (χ3v) is 4.96. The Morgan fingerprint density at radius 1 is 1.45 bits per heavy atom. The molecule has 9 heteroatoms. The first kappa shape index (κ1) is 17.6. The number of benzene rings is 1. The van der Waals surface area contributed by atoms with Gasteiger partial charge in [-0.3, -0.25) is 4.79 Å². The van der Waals surface area contributed by atoms with Crippen LogP contribution >= 0.6 is 61.7 Å². The van der Waals surface area contributed by atoms with Crippen LogP contribution in [0.1, 0.15) is 5.76 Å². The maximum Gasteiger partial charge on any atom is 0.277 e. The third kappa shape index (κ3) is 5.15. The lowest BCUT2D eigenvalue weighted by Crippen LogP contribution is -2.24. The van der Waals surface area contributed by atoms with Gasteiger partial charge in [0.2, 0.25) is 0 Å². The summed E-state index contributed by atoms with van der Waals surface area (Å²) >= 11 is 17.0. The van der Waals surface area contributed by atoms with E-state index in [1.807, 2.05) is 22.6 Å². The van der Waals surface area contributed by atoms with Crippen molar-refractivity contribution in [3.05, 3.63) is 48.3 Å². The Morgan fingerprint density at radius 2 is 2.23 bits per heavy atom. The van der Waals surface area contributed by atoms with Crippen LogP contribution in [0.2, 0.25) is 10.0 Å². The van der Waals surface area contributed by atoms with E-state index in [1.54, 1.807) is 18.2 Å². The number of amides is 1. The molecule has 1 heterocycles. The van der Waals surface area contributed by atoms with Crippen LogP contribution in [0.3, 0.4) is 0 Å². The monoisotopic (exact) mass is 516 g/mol. The minimum absolute atomic E-state index is 0.224. The summed E-state index contributed by atoms with van der Waals surface area (Å²) in [5, 5.41) is 4.59. The zero-order valence-electron chi connectivity index (χ0n) is 10.8. The number of hydrogen-bond acceptors (Lipinski definition) is 4. The van der Waals surface area contributed by atoms with Gasteiger partial charge in [0.15, 0.2) is 10.4 Å². The second-order valence-electron chi connectivity index (χ2n) is 3.93. The van der Waals surface area contributed by atoms with Crippen molar-refractivity contribution in [3.8, 4) is 5.75 Å². The minimum Gasteiger partial charge on any atom is -0.482 e. The number of carbonyl (C=O) groups is 1. The highest BCUT2D eigenvalue weighted by molar-refractivity contribution is 14.1. The van der Waals surface area contributed by atoms with Gasteiger partial charge in [0.1, 0.15) is 11.5 Å². The summed E-state index contributed by atoms with van der Waals surface area (Å²) in [6.45, 7) is -0.224. The van der Waals surface area contributed by atoms with Gasteiger partial charge >= 0.3 is 0 Å². The van der Waals surface area contributed by atoms with E-state index in [2.05, 4.69) is 26.5 Å². The maximum atomic E-state index is 11.6. The molecular formula is C13H8BrCl2IN2O3. The normalized spacial score (nSPS) is 10.9. The van der Waals surface area contributed by atoms with E-state index >= 15 is 0 Å². The fourth-order valence-electron chi connectivity index (χ4n) is 1.36. The molecule has 1 amide bonds. The Hall–Kier alpha value is -0.770. The lowest BCUT2D eigenvalue weighted by Gasteiger charge is -2.06. The van der Waals surface area contributed by atoms with Gasteiger partial charge < -0.3 is 9.15 Å². The second kappa shape index (κ2) is 8.19. The number of furan rings is 1. The van der Waals surface area contributed by atoms with Crippen LogP contribution in [0.15, 0.2) is 38.3 Å². The molecule has 116 valence electrons. The highest BCUT2D eigenvalue weighted by Gasteiger charge is 2.06. The minimum atomic E-state index is -0.428. The lowest BCUT2D eigenvalue weighted by molar-refractivity contribution is -0.123. The number of hydrazone groups is 1. The van der Waals surface area contributed by atoms with Gasteiger partial charge in [-0.25, -0.2) is 5.43 Å². The number of hydrogen-bond donors (Lipinski definition) is 1. The van der Waals surface area contributed by atoms with E-state index in [0.29, 0.717) is 25.3 Å². The molecule has 0 fully saturated rings. The molecule has 2 aromatic rings.